The van der Waals surface area contributed by atoms with Crippen LogP contribution in [0.15, 0.2) is 0 Å². The first-order valence-corrected chi connectivity index (χ1v) is 32.0. The number of rotatable bonds is 62. The van der Waals surface area contributed by atoms with Gasteiger partial charge in [0.2, 0.25) is 0 Å². The molecule has 0 aliphatic rings. The Bertz CT molecular complexity index is 842. The van der Waals surface area contributed by atoms with Crippen molar-refractivity contribution in [1.29, 1.82) is 0 Å². The van der Waals surface area contributed by atoms with Gasteiger partial charge in [0.15, 0.2) is 0 Å². The summed E-state index contributed by atoms with van der Waals surface area (Å²) in [6.07, 6.45) is 64.0. The predicted molar refractivity (Wildman–Crippen MR) is 304 cm³/mol. The van der Waals surface area contributed by atoms with Crippen LogP contribution in [-0.2, 0) is 18.9 Å². The molecule has 0 rings (SSSR count). The summed E-state index contributed by atoms with van der Waals surface area (Å²) in [5.74, 6) is -2.82. The van der Waals surface area contributed by atoms with E-state index in [1.807, 2.05) is 0 Å². The lowest BCUT2D eigenvalue weighted by Gasteiger charge is -2.48. The minimum absolute atomic E-state index is 0.302. The van der Waals surface area contributed by atoms with Gasteiger partial charge >= 0.3 is 0 Å². The number of ether oxygens (including phenoxy) is 4. The highest BCUT2D eigenvalue weighted by atomic mass is 16.8. The van der Waals surface area contributed by atoms with E-state index in [9.17, 15) is 5.11 Å². The van der Waals surface area contributed by atoms with Crippen LogP contribution in [-0.4, -0.2) is 56.4 Å². The lowest BCUT2D eigenvalue weighted by molar-refractivity contribution is -0.429. The molecule has 0 unspecified atom stereocenters. The Morgan fingerprint density at radius 2 is 0.435 bits per heavy atom. The number of unbranched alkanes of at least 4 members (excludes halogenated alkanes) is 45. The molecule has 0 spiro atoms. The molecule has 0 amide bonds. The average molecular weight is 981 g/mol. The van der Waals surface area contributed by atoms with E-state index in [0.717, 1.165) is 64.3 Å². The first kappa shape index (κ1) is 68.8. The molecule has 0 saturated carbocycles. The summed E-state index contributed by atoms with van der Waals surface area (Å²) < 4.78 is 28.1. The zero-order valence-electron chi connectivity index (χ0n) is 48.2. The Hall–Kier alpha value is -0.240. The predicted octanol–water partition coefficient (Wildman–Crippen LogP) is 20.6. The van der Waals surface area contributed by atoms with Crippen molar-refractivity contribution in [2.75, 3.05) is 39.6 Å². The third-order valence-electron chi connectivity index (χ3n) is 14.9. The fourth-order valence-electron chi connectivity index (χ4n) is 10.1. The van der Waals surface area contributed by atoms with Crippen molar-refractivity contribution in [2.45, 2.75) is 367 Å². The normalized spacial score (nSPS) is 12.3. The molecule has 69 heavy (non-hydrogen) atoms. The number of aliphatic hydroxyl groups excluding tert-OH is 1. The smallest absolute Gasteiger partial charge is 0.287 e. The molecule has 6 nitrogen and oxygen atoms in total. The van der Waals surface area contributed by atoms with Crippen LogP contribution in [0.4, 0.5) is 0 Å². The molecule has 0 saturated heterocycles. The third kappa shape index (κ3) is 43.8. The van der Waals surface area contributed by atoms with E-state index in [2.05, 4.69) is 39.9 Å². The highest BCUT2D eigenvalue weighted by Crippen LogP contribution is 2.34. The largest absolute Gasteiger partial charge is 0.390 e. The highest BCUT2D eigenvalue weighted by molar-refractivity contribution is 4.89. The summed E-state index contributed by atoms with van der Waals surface area (Å²) in [6, 6.07) is 0. The standard InChI is InChI=1S/C63H129NO5/c1-6-11-16-21-26-31-36-41-46-51-56-64-63(68-59-54-49-44-39-34-29-24-19-14-9-4,69-60-55-50-45-40-35-30-25-20-15-10-5)62(61-65,66-57-52-47-42-37-32-27-22-17-12-7-2)67-58-53-48-43-38-33-28-23-18-13-8-3/h64-65H,6-61H2,1-5H3. The van der Waals surface area contributed by atoms with Crippen LogP contribution in [0, 0.1) is 0 Å². The Labute approximate surface area is 434 Å². The van der Waals surface area contributed by atoms with E-state index in [1.54, 1.807) is 0 Å². The minimum Gasteiger partial charge on any atom is -0.390 e. The van der Waals surface area contributed by atoms with Gasteiger partial charge < -0.3 is 24.1 Å². The summed E-state index contributed by atoms with van der Waals surface area (Å²) in [4.78, 5) is 0. The molecule has 0 aliphatic heterocycles. The summed E-state index contributed by atoms with van der Waals surface area (Å²) >= 11 is 0. The SMILES string of the molecule is CCCCCCCCCCCCNC(OCCCCCCCCCCCC)(OCCCCCCCCCCCC)C(CO)(OCCCCCCCCCCCC)OCCCCCCCCCCCC. The van der Waals surface area contributed by atoms with Crippen molar-refractivity contribution in [3.8, 4) is 0 Å². The van der Waals surface area contributed by atoms with Crippen molar-refractivity contribution >= 4 is 0 Å². The van der Waals surface area contributed by atoms with Crippen LogP contribution in [0.2, 0.25) is 0 Å². The van der Waals surface area contributed by atoms with Crippen molar-refractivity contribution in [3.63, 3.8) is 0 Å². The monoisotopic (exact) mass is 980 g/mol. The topological polar surface area (TPSA) is 69.2 Å². The van der Waals surface area contributed by atoms with Gasteiger partial charge in [-0.15, -0.1) is 0 Å². The van der Waals surface area contributed by atoms with Crippen molar-refractivity contribution in [1.82, 2.24) is 5.32 Å². The van der Waals surface area contributed by atoms with Gasteiger partial charge in [-0.2, -0.15) is 0 Å². The summed E-state index contributed by atoms with van der Waals surface area (Å²) in [5.41, 5.74) is 0. The zero-order valence-corrected chi connectivity index (χ0v) is 48.2. The fraction of sp³-hybridized carbons (Fsp3) is 1.00. The Kier molecular flexibility index (Phi) is 56.8. The number of hydrogen-bond donors (Lipinski definition) is 2. The van der Waals surface area contributed by atoms with E-state index >= 15 is 0 Å². The maximum atomic E-state index is 11.7. The van der Waals surface area contributed by atoms with Crippen LogP contribution in [0.5, 0.6) is 0 Å². The molecule has 0 aliphatic carbocycles. The summed E-state index contributed by atoms with van der Waals surface area (Å²) in [7, 11) is 0. The van der Waals surface area contributed by atoms with Gasteiger partial charge in [-0.25, -0.2) is 0 Å². The Morgan fingerprint density at radius 1 is 0.246 bits per heavy atom. The quantitative estimate of drug-likeness (QED) is 0.0467. The molecule has 0 bridgehead atoms. The van der Waals surface area contributed by atoms with Crippen LogP contribution in [0.25, 0.3) is 0 Å². The molecule has 6 heteroatoms. The molecule has 0 heterocycles. The molecule has 0 aromatic heterocycles. The van der Waals surface area contributed by atoms with Gasteiger partial charge in [0.05, 0.1) is 26.4 Å². The average Bonchev–Trinajstić information content (AvgIpc) is 3.36. The van der Waals surface area contributed by atoms with Gasteiger partial charge in [0.1, 0.15) is 6.61 Å². The zero-order chi connectivity index (χ0) is 50.1. The summed E-state index contributed by atoms with van der Waals surface area (Å²) in [6.45, 7) is 14.1. The molecule has 0 radical (unpaired) electrons. The van der Waals surface area contributed by atoms with Gasteiger partial charge in [-0.05, 0) is 32.1 Å². The second-order valence-electron chi connectivity index (χ2n) is 21.8. The van der Waals surface area contributed by atoms with Crippen molar-refractivity contribution in [2.24, 2.45) is 0 Å². The van der Waals surface area contributed by atoms with E-state index in [1.165, 1.54) is 263 Å². The number of aliphatic hydroxyl groups is 1. The minimum atomic E-state index is -1.44. The first-order valence-electron chi connectivity index (χ1n) is 32.0. The fourth-order valence-corrected chi connectivity index (χ4v) is 10.1. The number of nitrogens with one attached hydrogen (secondary N) is 1. The lowest BCUT2D eigenvalue weighted by atomic mass is 10.1. The van der Waals surface area contributed by atoms with Crippen LogP contribution in [0.3, 0.4) is 0 Å². The molecule has 416 valence electrons. The molecule has 0 atom stereocenters. The van der Waals surface area contributed by atoms with Gasteiger partial charge in [-0.1, -0.05) is 324 Å². The van der Waals surface area contributed by atoms with E-state index in [4.69, 9.17) is 18.9 Å². The van der Waals surface area contributed by atoms with E-state index in [0.29, 0.717) is 26.4 Å². The van der Waals surface area contributed by atoms with Gasteiger partial charge in [0.25, 0.3) is 11.7 Å². The Morgan fingerprint density at radius 3 is 0.652 bits per heavy atom. The van der Waals surface area contributed by atoms with Crippen LogP contribution < -0.4 is 5.32 Å². The Balaban J connectivity index is 6.14. The van der Waals surface area contributed by atoms with Crippen molar-refractivity contribution < 1.29 is 24.1 Å². The molecule has 2 N–H and O–H groups in total. The molecule has 0 aromatic rings. The number of hydrogen-bond acceptors (Lipinski definition) is 6. The van der Waals surface area contributed by atoms with E-state index < -0.39 is 11.7 Å². The molecule has 0 fully saturated rings. The molecule has 0 aromatic carbocycles. The lowest BCUT2D eigenvalue weighted by Crippen LogP contribution is -2.70. The maximum absolute atomic E-state index is 11.7. The first-order chi connectivity index (χ1) is 34.1. The second kappa shape index (κ2) is 57.0. The van der Waals surface area contributed by atoms with Gasteiger partial charge in [0, 0.05) is 6.54 Å². The van der Waals surface area contributed by atoms with E-state index in [-0.39, 0.29) is 6.61 Å². The molecular formula is C63H129NO5. The second-order valence-corrected chi connectivity index (χ2v) is 21.8. The highest BCUT2D eigenvalue weighted by Gasteiger charge is 2.57. The van der Waals surface area contributed by atoms with Crippen LogP contribution in [0.1, 0.15) is 356 Å². The molecular weight excluding hydrogens is 851 g/mol. The van der Waals surface area contributed by atoms with Gasteiger partial charge in [-0.3, -0.25) is 5.32 Å². The third-order valence-corrected chi connectivity index (χ3v) is 14.9. The summed E-state index contributed by atoms with van der Waals surface area (Å²) in [5, 5.41) is 15.6. The van der Waals surface area contributed by atoms with Crippen molar-refractivity contribution in [3.05, 3.63) is 0 Å². The van der Waals surface area contributed by atoms with Crippen LogP contribution >= 0.6 is 0 Å². The maximum Gasteiger partial charge on any atom is 0.287 e.